The number of nitrogens with zero attached hydrogens (tertiary/aromatic N) is 1. The molecule has 0 spiro atoms. The van der Waals surface area contributed by atoms with Crippen molar-refractivity contribution in [1.29, 1.82) is 0 Å². The minimum atomic E-state index is 0.652. The van der Waals surface area contributed by atoms with Crippen LogP contribution in [0.1, 0.15) is 12.6 Å². The first kappa shape index (κ1) is 10.5. The van der Waals surface area contributed by atoms with Gasteiger partial charge in [-0.2, -0.15) is 0 Å². The van der Waals surface area contributed by atoms with Gasteiger partial charge in [0.2, 0.25) is 0 Å². The molecular weight excluding hydrogens is 210 g/mol. The number of rotatable bonds is 3. The highest BCUT2D eigenvalue weighted by Gasteiger charge is 2.05. The molecule has 0 amide bonds. The average Bonchev–Trinajstić information content (AvgIpc) is 2.53. The summed E-state index contributed by atoms with van der Waals surface area (Å²) in [5.41, 5.74) is 2.33. The second-order valence-corrected chi connectivity index (χ2v) is 3.97. The van der Waals surface area contributed by atoms with Gasteiger partial charge < -0.3 is 9.30 Å². The highest BCUT2D eigenvalue weighted by Crippen LogP contribution is 2.22. The Morgan fingerprint density at radius 3 is 2.87 bits per heavy atom. The van der Waals surface area contributed by atoms with Crippen molar-refractivity contribution in [1.82, 2.24) is 4.57 Å². The van der Waals surface area contributed by atoms with Gasteiger partial charge >= 0.3 is 0 Å². The molecule has 0 atom stereocenters. The first-order valence-electron chi connectivity index (χ1n) is 5.04. The van der Waals surface area contributed by atoms with Crippen molar-refractivity contribution in [3.63, 3.8) is 0 Å². The second kappa shape index (κ2) is 4.25. The molecule has 0 fully saturated rings. The van der Waals surface area contributed by atoms with Crippen molar-refractivity contribution in [3.8, 4) is 0 Å². The van der Waals surface area contributed by atoms with Gasteiger partial charge in [-0.25, -0.2) is 0 Å². The summed E-state index contributed by atoms with van der Waals surface area (Å²) in [5, 5.41) is 1.98. The summed E-state index contributed by atoms with van der Waals surface area (Å²) in [7, 11) is 2.03. The van der Waals surface area contributed by atoms with Crippen LogP contribution in [-0.2, 0) is 18.4 Å². The molecule has 2 rings (SSSR count). The Morgan fingerprint density at radius 2 is 2.13 bits per heavy atom. The Kier molecular flexibility index (Phi) is 2.98. The number of aryl methyl sites for hydroxylation is 1. The molecule has 80 valence electrons. The molecule has 0 saturated heterocycles. The van der Waals surface area contributed by atoms with Gasteiger partial charge in [-0.15, -0.1) is 0 Å². The third kappa shape index (κ3) is 2.01. The van der Waals surface area contributed by atoms with Crippen LogP contribution in [-0.4, -0.2) is 11.2 Å². The van der Waals surface area contributed by atoms with Crippen molar-refractivity contribution in [3.05, 3.63) is 35.0 Å². The molecule has 2 nitrogen and oxygen atoms in total. The normalized spacial score (nSPS) is 11.1. The van der Waals surface area contributed by atoms with Crippen LogP contribution in [0.4, 0.5) is 0 Å². The maximum atomic E-state index is 5.96. The van der Waals surface area contributed by atoms with Crippen LogP contribution in [0.2, 0.25) is 5.02 Å². The van der Waals surface area contributed by atoms with Gasteiger partial charge in [-0.1, -0.05) is 17.7 Å². The molecule has 1 heterocycles. The third-order valence-corrected chi connectivity index (χ3v) is 2.80. The van der Waals surface area contributed by atoms with E-state index in [1.807, 2.05) is 32.2 Å². The van der Waals surface area contributed by atoms with E-state index in [1.54, 1.807) is 0 Å². The molecule has 1 aromatic carbocycles. The predicted octanol–water partition coefficient (Wildman–Crippen LogP) is 3.37. The van der Waals surface area contributed by atoms with E-state index in [-0.39, 0.29) is 0 Å². The number of aromatic nitrogens is 1. The van der Waals surface area contributed by atoms with Crippen molar-refractivity contribution in [2.45, 2.75) is 13.5 Å². The Morgan fingerprint density at radius 1 is 1.33 bits per heavy atom. The van der Waals surface area contributed by atoms with E-state index in [0.717, 1.165) is 17.1 Å². The zero-order chi connectivity index (χ0) is 10.8. The molecule has 0 aliphatic rings. The van der Waals surface area contributed by atoms with Gasteiger partial charge in [-0.05, 0) is 25.1 Å². The number of hydrogen-bond acceptors (Lipinski definition) is 1. The van der Waals surface area contributed by atoms with Crippen LogP contribution in [0.15, 0.2) is 24.3 Å². The predicted molar refractivity (Wildman–Crippen MR) is 63.3 cm³/mol. The topological polar surface area (TPSA) is 14.2 Å². The number of ether oxygens (including phenoxy) is 1. The van der Waals surface area contributed by atoms with Crippen molar-refractivity contribution in [2.75, 3.05) is 6.61 Å². The number of benzene rings is 1. The van der Waals surface area contributed by atoms with Crippen LogP contribution >= 0.6 is 11.6 Å². The van der Waals surface area contributed by atoms with Gasteiger partial charge in [0.05, 0.1) is 6.61 Å². The van der Waals surface area contributed by atoms with E-state index < -0.39 is 0 Å². The van der Waals surface area contributed by atoms with Crippen LogP contribution in [0.3, 0.4) is 0 Å². The molecule has 0 bridgehead atoms. The first-order chi connectivity index (χ1) is 7.22. The number of hydrogen-bond donors (Lipinski definition) is 0. The highest BCUT2D eigenvalue weighted by atomic mass is 35.5. The molecule has 0 aliphatic heterocycles. The van der Waals surface area contributed by atoms with Gasteiger partial charge in [0.15, 0.2) is 0 Å². The summed E-state index contributed by atoms with van der Waals surface area (Å²) in [6.07, 6.45) is 0. The van der Waals surface area contributed by atoms with Crippen LogP contribution in [0.5, 0.6) is 0 Å². The van der Waals surface area contributed by atoms with E-state index in [2.05, 4.69) is 10.6 Å². The molecule has 0 unspecified atom stereocenters. The molecule has 0 N–H and O–H groups in total. The fourth-order valence-corrected chi connectivity index (χ4v) is 1.87. The van der Waals surface area contributed by atoms with E-state index in [4.69, 9.17) is 16.3 Å². The Hall–Kier alpha value is -0.990. The first-order valence-corrected chi connectivity index (χ1v) is 5.41. The summed E-state index contributed by atoms with van der Waals surface area (Å²) in [6, 6.07) is 8.06. The largest absolute Gasteiger partial charge is 0.376 e. The minimum absolute atomic E-state index is 0.652. The van der Waals surface area contributed by atoms with Crippen molar-refractivity contribution < 1.29 is 4.74 Å². The van der Waals surface area contributed by atoms with Crippen LogP contribution < -0.4 is 0 Å². The zero-order valence-corrected chi connectivity index (χ0v) is 9.71. The van der Waals surface area contributed by atoms with Gasteiger partial charge in [0.25, 0.3) is 0 Å². The quantitative estimate of drug-likeness (QED) is 0.778. The van der Waals surface area contributed by atoms with E-state index in [1.165, 1.54) is 11.1 Å². The lowest BCUT2D eigenvalue weighted by molar-refractivity contribution is 0.129. The monoisotopic (exact) mass is 223 g/mol. The van der Waals surface area contributed by atoms with Crippen molar-refractivity contribution in [2.24, 2.45) is 7.05 Å². The summed E-state index contributed by atoms with van der Waals surface area (Å²) in [4.78, 5) is 0. The van der Waals surface area contributed by atoms with Crippen LogP contribution in [0, 0.1) is 0 Å². The van der Waals surface area contributed by atoms with Gasteiger partial charge in [0, 0.05) is 35.3 Å². The van der Waals surface area contributed by atoms with E-state index >= 15 is 0 Å². The van der Waals surface area contributed by atoms with Crippen molar-refractivity contribution >= 4 is 22.5 Å². The second-order valence-electron chi connectivity index (χ2n) is 3.53. The smallest absolute Gasteiger partial charge is 0.0867 e. The molecule has 0 radical (unpaired) electrons. The SMILES string of the molecule is CCOCc1cc2ccc(Cl)cc2n1C. The number of halogens is 1. The minimum Gasteiger partial charge on any atom is -0.376 e. The lowest BCUT2D eigenvalue weighted by atomic mass is 10.2. The Balaban J connectivity index is 2.45. The highest BCUT2D eigenvalue weighted by molar-refractivity contribution is 6.31. The molecule has 0 aliphatic carbocycles. The Labute approximate surface area is 94.4 Å². The lowest BCUT2D eigenvalue weighted by Crippen LogP contribution is -1.99. The Bertz CT molecular complexity index is 476. The maximum absolute atomic E-state index is 5.96. The zero-order valence-electron chi connectivity index (χ0n) is 8.96. The molecule has 15 heavy (non-hydrogen) atoms. The third-order valence-electron chi connectivity index (χ3n) is 2.56. The molecular formula is C12H14ClNO. The molecule has 3 heteroatoms. The maximum Gasteiger partial charge on any atom is 0.0867 e. The number of fused-ring (bicyclic) bond motifs is 1. The standard InChI is InChI=1S/C12H14ClNO/c1-3-15-8-11-6-9-4-5-10(13)7-12(9)14(11)2/h4-7H,3,8H2,1-2H3. The summed E-state index contributed by atoms with van der Waals surface area (Å²) in [5.74, 6) is 0. The van der Waals surface area contributed by atoms with E-state index in [0.29, 0.717) is 6.61 Å². The molecule has 0 saturated carbocycles. The van der Waals surface area contributed by atoms with Crippen LogP contribution in [0.25, 0.3) is 10.9 Å². The molecule has 2 aromatic rings. The summed E-state index contributed by atoms with van der Waals surface area (Å²) in [6.45, 7) is 3.39. The fraction of sp³-hybridized carbons (Fsp3) is 0.333. The summed E-state index contributed by atoms with van der Waals surface area (Å²) >= 11 is 5.96. The van der Waals surface area contributed by atoms with E-state index in [9.17, 15) is 0 Å². The van der Waals surface area contributed by atoms with Gasteiger partial charge in [0.1, 0.15) is 0 Å². The molecule has 1 aromatic heterocycles. The fourth-order valence-electron chi connectivity index (χ4n) is 1.71. The average molecular weight is 224 g/mol. The lowest BCUT2D eigenvalue weighted by Gasteiger charge is -2.03. The summed E-state index contributed by atoms with van der Waals surface area (Å²) < 4.78 is 7.53. The van der Waals surface area contributed by atoms with Gasteiger partial charge in [-0.3, -0.25) is 0 Å².